The number of hydrogen-bond acceptors (Lipinski definition) is 4. The summed E-state index contributed by atoms with van der Waals surface area (Å²) in [6, 6.07) is 13.1. The molecule has 5 rings (SSSR count). The SMILES string of the molecule is O=c1c2ccc3oc4ccc(Br)cc4c4ccc(c(=O)n1CCCCO)c2c34. The fraction of sp³-hybridized carbons (Fsp3) is 0.182. The van der Waals surface area contributed by atoms with Gasteiger partial charge in [-0.2, -0.15) is 0 Å². The van der Waals surface area contributed by atoms with Crippen LogP contribution in [-0.4, -0.2) is 16.3 Å². The van der Waals surface area contributed by atoms with Crippen molar-refractivity contribution in [3.63, 3.8) is 0 Å². The summed E-state index contributed by atoms with van der Waals surface area (Å²) in [4.78, 5) is 26.1. The Balaban J connectivity index is 1.94. The van der Waals surface area contributed by atoms with Crippen LogP contribution in [0.15, 0.2) is 60.9 Å². The molecule has 3 aromatic carbocycles. The second kappa shape index (κ2) is 6.43. The third-order valence-electron chi connectivity index (χ3n) is 5.32. The zero-order valence-corrected chi connectivity index (χ0v) is 16.5. The van der Waals surface area contributed by atoms with Gasteiger partial charge in [0.2, 0.25) is 0 Å². The first-order valence-electron chi connectivity index (χ1n) is 9.14. The van der Waals surface area contributed by atoms with Gasteiger partial charge in [-0.25, -0.2) is 0 Å². The normalized spacial score (nSPS) is 12.1. The minimum Gasteiger partial charge on any atom is -0.456 e. The Morgan fingerprint density at radius 2 is 1.50 bits per heavy atom. The molecule has 0 saturated heterocycles. The second-order valence-electron chi connectivity index (χ2n) is 6.96. The van der Waals surface area contributed by atoms with E-state index in [9.17, 15) is 9.59 Å². The number of aliphatic hydroxyl groups excluding tert-OH is 1. The molecule has 2 aromatic heterocycles. The molecule has 0 unspecified atom stereocenters. The van der Waals surface area contributed by atoms with Crippen molar-refractivity contribution >= 4 is 59.4 Å². The lowest BCUT2D eigenvalue weighted by molar-refractivity contribution is 0.281. The summed E-state index contributed by atoms with van der Waals surface area (Å²) in [5, 5.41) is 13.4. The number of nitrogens with zero attached hydrogens (tertiary/aromatic N) is 1. The van der Waals surface area contributed by atoms with Gasteiger partial charge in [0.1, 0.15) is 11.2 Å². The molecule has 0 aliphatic heterocycles. The molecule has 0 atom stereocenters. The van der Waals surface area contributed by atoms with Gasteiger partial charge >= 0.3 is 0 Å². The van der Waals surface area contributed by atoms with E-state index in [0.717, 1.165) is 26.2 Å². The van der Waals surface area contributed by atoms with E-state index < -0.39 is 0 Å². The quantitative estimate of drug-likeness (QED) is 0.257. The van der Waals surface area contributed by atoms with Gasteiger partial charge in [-0.3, -0.25) is 14.2 Å². The van der Waals surface area contributed by atoms with Crippen molar-refractivity contribution in [2.75, 3.05) is 6.61 Å². The highest BCUT2D eigenvalue weighted by atomic mass is 79.9. The molecule has 0 bridgehead atoms. The summed E-state index contributed by atoms with van der Waals surface area (Å²) >= 11 is 3.50. The lowest BCUT2D eigenvalue weighted by Gasteiger charge is -2.14. The Morgan fingerprint density at radius 3 is 2.25 bits per heavy atom. The Hall–Kier alpha value is -2.70. The van der Waals surface area contributed by atoms with Crippen LogP contribution in [0.4, 0.5) is 0 Å². The number of aromatic nitrogens is 1. The summed E-state index contributed by atoms with van der Waals surface area (Å²) in [5.74, 6) is 0. The molecule has 0 fully saturated rings. The van der Waals surface area contributed by atoms with Crippen molar-refractivity contribution in [2.45, 2.75) is 19.4 Å². The Labute approximate surface area is 167 Å². The minimum absolute atomic E-state index is 0.0431. The molecule has 5 aromatic rings. The standard InChI is InChI=1S/C22H16BrNO4/c23-12-3-7-17-16(11-12)13-4-5-14-19-15(6-8-18(28-17)20(13)19)22(27)24(21(14)26)9-1-2-10-25/h3-8,11,25H,1-2,9-10H2. The van der Waals surface area contributed by atoms with Crippen LogP contribution in [0.3, 0.4) is 0 Å². The third-order valence-corrected chi connectivity index (χ3v) is 5.81. The monoisotopic (exact) mass is 437 g/mol. The van der Waals surface area contributed by atoms with Gasteiger partial charge in [0.15, 0.2) is 0 Å². The molecule has 6 heteroatoms. The summed E-state index contributed by atoms with van der Waals surface area (Å²) in [6.45, 7) is 0.344. The van der Waals surface area contributed by atoms with E-state index in [1.54, 1.807) is 18.2 Å². The summed E-state index contributed by atoms with van der Waals surface area (Å²) < 4.78 is 8.29. The van der Waals surface area contributed by atoms with Crippen LogP contribution in [0.2, 0.25) is 0 Å². The molecule has 0 radical (unpaired) electrons. The molecular formula is C22H16BrNO4. The van der Waals surface area contributed by atoms with Crippen LogP contribution >= 0.6 is 15.9 Å². The molecular weight excluding hydrogens is 422 g/mol. The van der Waals surface area contributed by atoms with Gasteiger partial charge in [0.05, 0.1) is 0 Å². The highest BCUT2D eigenvalue weighted by Crippen LogP contribution is 2.37. The number of hydrogen-bond donors (Lipinski definition) is 1. The topological polar surface area (TPSA) is 72.4 Å². The predicted octanol–water partition coefficient (Wildman–Crippen LogP) is 4.39. The van der Waals surface area contributed by atoms with Crippen LogP contribution in [0.1, 0.15) is 12.8 Å². The molecule has 0 amide bonds. The van der Waals surface area contributed by atoms with E-state index >= 15 is 0 Å². The van der Waals surface area contributed by atoms with Crippen molar-refractivity contribution in [1.29, 1.82) is 0 Å². The van der Waals surface area contributed by atoms with Crippen molar-refractivity contribution in [1.82, 2.24) is 4.57 Å². The van der Waals surface area contributed by atoms with E-state index in [0.29, 0.717) is 41.1 Å². The van der Waals surface area contributed by atoms with E-state index in [4.69, 9.17) is 9.52 Å². The van der Waals surface area contributed by atoms with Gasteiger partial charge in [-0.1, -0.05) is 22.0 Å². The molecule has 0 aliphatic carbocycles. The molecule has 0 aliphatic rings. The van der Waals surface area contributed by atoms with Crippen LogP contribution < -0.4 is 11.1 Å². The largest absolute Gasteiger partial charge is 0.456 e. The number of unbranched alkanes of at least 4 members (excludes halogenated alkanes) is 1. The number of rotatable bonds is 4. The Kier molecular flexibility index (Phi) is 4.00. The molecule has 5 nitrogen and oxygen atoms in total. The maximum atomic E-state index is 13.0. The van der Waals surface area contributed by atoms with E-state index in [2.05, 4.69) is 15.9 Å². The molecule has 1 N–H and O–H groups in total. The molecule has 0 spiro atoms. The average Bonchev–Trinajstić information content (AvgIpc) is 2.70. The number of pyridine rings is 1. The lowest BCUT2D eigenvalue weighted by atomic mass is 9.96. The van der Waals surface area contributed by atoms with Gasteiger partial charge in [0.25, 0.3) is 11.1 Å². The Morgan fingerprint density at radius 1 is 0.821 bits per heavy atom. The van der Waals surface area contributed by atoms with Crippen molar-refractivity contribution in [3.8, 4) is 0 Å². The summed E-state index contributed by atoms with van der Waals surface area (Å²) in [6.07, 6.45) is 1.13. The minimum atomic E-state index is -0.292. The van der Waals surface area contributed by atoms with E-state index in [1.807, 2.05) is 24.3 Å². The van der Waals surface area contributed by atoms with Crippen LogP contribution in [0.5, 0.6) is 0 Å². The third kappa shape index (κ3) is 2.41. The number of fused-ring (bicyclic) bond motifs is 2. The maximum absolute atomic E-state index is 13.0. The van der Waals surface area contributed by atoms with Crippen molar-refractivity contribution < 1.29 is 9.52 Å². The molecule has 2 heterocycles. The van der Waals surface area contributed by atoms with Crippen molar-refractivity contribution in [2.24, 2.45) is 0 Å². The second-order valence-corrected chi connectivity index (χ2v) is 7.87. The zero-order valence-electron chi connectivity index (χ0n) is 14.9. The molecule has 0 saturated carbocycles. The molecule has 140 valence electrons. The first-order valence-corrected chi connectivity index (χ1v) is 9.94. The maximum Gasteiger partial charge on any atom is 0.261 e. The van der Waals surface area contributed by atoms with Gasteiger partial charge in [0, 0.05) is 44.6 Å². The number of benzene rings is 3. The highest BCUT2D eigenvalue weighted by molar-refractivity contribution is 9.10. The van der Waals surface area contributed by atoms with Crippen LogP contribution in [0, 0.1) is 0 Å². The van der Waals surface area contributed by atoms with Crippen LogP contribution in [-0.2, 0) is 6.54 Å². The summed E-state index contributed by atoms with van der Waals surface area (Å²) in [5.41, 5.74) is 0.816. The fourth-order valence-corrected chi connectivity index (χ4v) is 4.38. The van der Waals surface area contributed by atoms with Crippen molar-refractivity contribution in [3.05, 3.63) is 67.6 Å². The predicted molar refractivity (Wildman–Crippen MR) is 114 cm³/mol. The lowest BCUT2D eigenvalue weighted by Crippen LogP contribution is -2.33. The van der Waals surface area contributed by atoms with E-state index in [-0.39, 0.29) is 17.7 Å². The highest BCUT2D eigenvalue weighted by Gasteiger charge is 2.18. The van der Waals surface area contributed by atoms with Gasteiger partial charge in [-0.05, 0) is 54.6 Å². The summed E-state index contributed by atoms with van der Waals surface area (Å²) in [7, 11) is 0. The molecule has 28 heavy (non-hydrogen) atoms. The zero-order chi connectivity index (χ0) is 19.4. The fourth-order valence-electron chi connectivity index (χ4n) is 4.02. The Bertz CT molecular complexity index is 1450. The first-order chi connectivity index (χ1) is 13.6. The van der Waals surface area contributed by atoms with E-state index in [1.165, 1.54) is 4.57 Å². The smallest absolute Gasteiger partial charge is 0.261 e. The average molecular weight is 438 g/mol. The van der Waals surface area contributed by atoms with Gasteiger partial charge < -0.3 is 9.52 Å². The first kappa shape index (κ1) is 17.4. The van der Waals surface area contributed by atoms with Crippen LogP contribution in [0.25, 0.3) is 43.5 Å². The number of halogens is 1. The van der Waals surface area contributed by atoms with Gasteiger partial charge in [-0.15, -0.1) is 0 Å². The number of aliphatic hydroxyl groups is 1.